The molecule has 0 bridgehead atoms. The number of carbonyl (C=O) groups is 1. The number of nitrogen functional groups attached to an aromatic ring is 1. The van der Waals surface area contributed by atoms with Crippen molar-refractivity contribution in [2.75, 3.05) is 25.9 Å². The maximum absolute atomic E-state index is 14.9. The number of hydrogen-bond donors (Lipinski definition) is 1. The number of fused-ring (bicyclic) bond motifs is 1. The van der Waals surface area contributed by atoms with E-state index in [4.69, 9.17) is 10.5 Å². The van der Waals surface area contributed by atoms with Gasteiger partial charge in [-0.05, 0) is 66.4 Å². The van der Waals surface area contributed by atoms with E-state index < -0.39 is 5.97 Å². The molecule has 0 radical (unpaired) electrons. The highest BCUT2D eigenvalue weighted by Crippen LogP contribution is 2.32. The topological polar surface area (TPSA) is 86.3 Å². The summed E-state index contributed by atoms with van der Waals surface area (Å²) in [6.45, 7) is 4.08. The van der Waals surface area contributed by atoms with Crippen LogP contribution in [0.5, 0.6) is 0 Å². The molecular weight excluding hydrogens is 457 g/mol. The number of nitrogens with two attached hydrogens (primary N) is 1. The lowest BCUT2D eigenvalue weighted by Gasteiger charge is -2.27. The highest BCUT2D eigenvalue weighted by atomic mass is 19.1. The summed E-state index contributed by atoms with van der Waals surface area (Å²) in [6, 6.07) is 10.9. The van der Waals surface area contributed by atoms with Crippen molar-refractivity contribution in [2.24, 2.45) is 7.05 Å². The van der Waals surface area contributed by atoms with Crippen LogP contribution in [0.3, 0.4) is 0 Å². The van der Waals surface area contributed by atoms with Gasteiger partial charge in [0.15, 0.2) is 0 Å². The Morgan fingerprint density at radius 3 is 2.69 bits per heavy atom. The van der Waals surface area contributed by atoms with Crippen molar-refractivity contribution in [1.82, 2.24) is 19.4 Å². The number of nitrogens with zero attached hydrogens (tertiary/aromatic N) is 4. The molecule has 1 aromatic carbocycles. The summed E-state index contributed by atoms with van der Waals surface area (Å²) in [5.41, 5.74) is 12.4. The SMILES string of the molecule is COC(=O)c1cc(C)c(C2=CCN(Cc3cc4c(-c5ccc(N)nc5)ccnc4n3C)CC2)c(F)c1. The molecule has 36 heavy (non-hydrogen) atoms. The Hall–Kier alpha value is -4.04. The number of aromatic nitrogens is 3. The van der Waals surface area contributed by atoms with E-state index in [-0.39, 0.29) is 11.4 Å². The van der Waals surface area contributed by atoms with E-state index in [0.717, 1.165) is 58.5 Å². The average molecular weight is 486 g/mol. The van der Waals surface area contributed by atoms with Crippen LogP contribution >= 0.6 is 0 Å². The standard InChI is InChI=1S/C28H28FN5O2/c1-17-12-20(28(35)36-3)13-24(29)26(17)18-7-10-34(11-8-18)16-21-14-23-22(6-9-31-27(23)33(21)2)19-4-5-25(30)32-15-19/h4-7,9,12-15H,8,10-11,16H2,1-3H3,(H2,30,32). The van der Waals surface area contributed by atoms with Gasteiger partial charge in [0.1, 0.15) is 17.3 Å². The minimum absolute atomic E-state index is 0.229. The van der Waals surface area contributed by atoms with Crippen LogP contribution in [0.15, 0.2) is 54.9 Å². The van der Waals surface area contributed by atoms with E-state index in [1.54, 1.807) is 18.3 Å². The Morgan fingerprint density at radius 2 is 2.03 bits per heavy atom. The van der Waals surface area contributed by atoms with Gasteiger partial charge in [0, 0.05) is 61.3 Å². The van der Waals surface area contributed by atoms with Gasteiger partial charge < -0.3 is 15.0 Å². The second-order valence-corrected chi connectivity index (χ2v) is 9.12. The normalized spacial score (nSPS) is 14.2. The summed E-state index contributed by atoms with van der Waals surface area (Å²) in [7, 11) is 3.33. The number of aryl methyl sites for hydroxylation is 2. The van der Waals surface area contributed by atoms with Gasteiger partial charge in [0.05, 0.1) is 12.7 Å². The van der Waals surface area contributed by atoms with Crippen LogP contribution in [-0.2, 0) is 18.3 Å². The smallest absolute Gasteiger partial charge is 0.337 e. The van der Waals surface area contributed by atoms with Crippen molar-refractivity contribution in [3.63, 3.8) is 0 Å². The third-order valence-electron chi connectivity index (χ3n) is 6.83. The molecule has 0 atom stereocenters. The first kappa shape index (κ1) is 23.7. The minimum atomic E-state index is -0.535. The van der Waals surface area contributed by atoms with Crippen molar-refractivity contribution in [2.45, 2.75) is 19.9 Å². The summed E-state index contributed by atoms with van der Waals surface area (Å²) in [6.07, 6.45) is 6.40. The van der Waals surface area contributed by atoms with Crippen LogP contribution in [0.2, 0.25) is 0 Å². The maximum Gasteiger partial charge on any atom is 0.337 e. The molecule has 3 aromatic heterocycles. The van der Waals surface area contributed by atoms with Gasteiger partial charge in [0.25, 0.3) is 0 Å². The molecule has 7 nitrogen and oxygen atoms in total. The molecular formula is C28H28FN5O2. The number of carbonyl (C=O) groups excluding carboxylic acids is 1. The lowest BCUT2D eigenvalue weighted by molar-refractivity contribution is 0.0600. The molecule has 0 aliphatic carbocycles. The number of hydrogen-bond acceptors (Lipinski definition) is 6. The van der Waals surface area contributed by atoms with Crippen LogP contribution in [0.4, 0.5) is 10.2 Å². The molecule has 4 heterocycles. The fourth-order valence-corrected chi connectivity index (χ4v) is 4.94. The zero-order valence-corrected chi connectivity index (χ0v) is 20.6. The summed E-state index contributed by atoms with van der Waals surface area (Å²) in [5.74, 6) is -0.433. The van der Waals surface area contributed by atoms with Crippen LogP contribution < -0.4 is 5.73 Å². The predicted molar refractivity (Wildman–Crippen MR) is 139 cm³/mol. The van der Waals surface area contributed by atoms with E-state index >= 15 is 0 Å². The maximum atomic E-state index is 14.9. The zero-order chi connectivity index (χ0) is 25.4. The predicted octanol–water partition coefficient (Wildman–Crippen LogP) is 4.74. The number of rotatable bonds is 5. The van der Waals surface area contributed by atoms with Gasteiger partial charge in [-0.15, -0.1) is 0 Å². The molecule has 4 aromatic rings. The van der Waals surface area contributed by atoms with Crippen molar-refractivity contribution in [3.8, 4) is 11.1 Å². The molecule has 0 saturated carbocycles. The van der Waals surface area contributed by atoms with Crippen molar-refractivity contribution in [3.05, 3.63) is 83.1 Å². The number of pyridine rings is 2. The Morgan fingerprint density at radius 1 is 1.19 bits per heavy atom. The first-order chi connectivity index (χ1) is 17.4. The second-order valence-electron chi connectivity index (χ2n) is 9.12. The first-order valence-corrected chi connectivity index (χ1v) is 11.8. The Labute approximate surface area is 209 Å². The van der Waals surface area contributed by atoms with E-state index in [1.165, 1.54) is 13.2 Å². The molecule has 0 amide bonds. The molecule has 0 spiro atoms. The fraction of sp³-hybridized carbons (Fsp3) is 0.250. The van der Waals surface area contributed by atoms with Gasteiger partial charge in [-0.3, -0.25) is 4.90 Å². The molecule has 1 aliphatic heterocycles. The van der Waals surface area contributed by atoms with Gasteiger partial charge in [-0.25, -0.2) is 19.2 Å². The average Bonchev–Trinajstić information content (AvgIpc) is 3.19. The molecule has 184 valence electrons. The molecule has 1 aliphatic rings. The quantitative estimate of drug-likeness (QED) is 0.411. The number of esters is 1. The van der Waals surface area contributed by atoms with E-state index in [9.17, 15) is 9.18 Å². The van der Waals surface area contributed by atoms with E-state index in [2.05, 4.69) is 31.6 Å². The number of methoxy groups -OCH3 is 1. The molecule has 8 heteroatoms. The second kappa shape index (κ2) is 9.54. The van der Waals surface area contributed by atoms with E-state index in [0.29, 0.717) is 17.9 Å². The van der Waals surface area contributed by atoms with Crippen LogP contribution in [0.1, 0.15) is 33.6 Å². The van der Waals surface area contributed by atoms with Crippen LogP contribution in [0, 0.1) is 12.7 Å². The van der Waals surface area contributed by atoms with Gasteiger partial charge in [0.2, 0.25) is 0 Å². The van der Waals surface area contributed by atoms with Crippen LogP contribution in [-0.4, -0.2) is 45.6 Å². The lowest BCUT2D eigenvalue weighted by atomic mass is 9.93. The fourth-order valence-electron chi connectivity index (χ4n) is 4.94. The molecule has 0 saturated heterocycles. The van der Waals surface area contributed by atoms with Gasteiger partial charge in [-0.2, -0.15) is 0 Å². The molecule has 5 rings (SSSR count). The van der Waals surface area contributed by atoms with Crippen molar-refractivity contribution < 1.29 is 13.9 Å². The third kappa shape index (κ3) is 4.35. The molecule has 0 unspecified atom stereocenters. The number of halogens is 1. The summed E-state index contributed by atoms with van der Waals surface area (Å²) >= 11 is 0. The summed E-state index contributed by atoms with van der Waals surface area (Å²) < 4.78 is 21.8. The lowest BCUT2D eigenvalue weighted by Crippen LogP contribution is -2.29. The Bertz CT molecular complexity index is 1470. The van der Waals surface area contributed by atoms with Crippen LogP contribution in [0.25, 0.3) is 27.7 Å². The van der Waals surface area contributed by atoms with Gasteiger partial charge >= 0.3 is 5.97 Å². The van der Waals surface area contributed by atoms with Gasteiger partial charge in [-0.1, -0.05) is 6.08 Å². The number of anilines is 1. The first-order valence-electron chi connectivity index (χ1n) is 11.8. The molecule has 0 fully saturated rings. The molecule has 2 N–H and O–H groups in total. The largest absolute Gasteiger partial charge is 0.465 e. The third-order valence-corrected chi connectivity index (χ3v) is 6.83. The van der Waals surface area contributed by atoms with E-state index in [1.807, 2.05) is 32.3 Å². The number of benzene rings is 1. The minimum Gasteiger partial charge on any atom is -0.465 e. The highest BCUT2D eigenvalue weighted by molar-refractivity contribution is 5.94. The van der Waals surface area contributed by atoms with Crippen molar-refractivity contribution in [1.29, 1.82) is 0 Å². The highest BCUT2D eigenvalue weighted by Gasteiger charge is 2.21. The Kier molecular flexibility index (Phi) is 6.28. The van der Waals surface area contributed by atoms with Crippen molar-refractivity contribution >= 4 is 28.4 Å². The zero-order valence-electron chi connectivity index (χ0n) is 20.6. The summed E-state index contributed by atoms with van der Waals surface area (Å²) in [4.78, 5) is 23.0. The monoisotopic (exact) mass is 485 g/mol. The Balaban J connectivity index is 1.37. The summed E-state index contributed by atoms with van der Waals surface area (Å²) in [5, 5.41) is 1.07. The number of ether oxygens (including phenoxy) is 1.